The van der Waals surface area contributed by atoms with Gasteiger partial charge in [0, 0.05) is 0 Å². The average molecular weight is 363 g/mol. The van der Waals surface area contributed by atoms with E-state index in [1.165, 1.54) is 75.4 Å². The van der Waals surface area contributed by atoms with Gasteiger partial charge in [0.1, 0.15) is 6.10 Å². The minimum Gasteiger partial charge on any atom is -0.373 e. The molecule has 1 atom stereocenters. The second-order valence-corrected chi connectivity index (χ2v) is 6.98. The van der Waals surface area contributed by atoms with Gasteiger partial charge in [0.15, 0.2) is 0 Å². The van der Waals surface area contributed by atoms with Crippen molar-refractivity contribution in [3.63, 3.8) is 0 Å². The zero-order valence-electron chi connectivity index (χ0n) is 17.9. The highest BCUT2D eigenvalue weighted by Crippen LogP contribution is 2.22. The summed E-state index contributed by atoms with van der Waals surface area (Å²) in [5, 5.41) is 0. The summed E-state index contributed by atoms with van der Waals surface area (Å²) in [6.07, 6.45) is 15.9. The van der Waals surface area contributed by atoms with Crippen LogP contribution in [0, 0.1) is 11.8 Å². The molecule has 0 N–H and O–H groups in total. The molecule has 0 radical (unpaired) electrons. The van der Waals surface area contributed by atoms with Crippen LogP contribution in [0.4, 0.5) is 0 Å². The summed E-state index contributed by atoms with van der Waals surface area (Å²) in [7, 11) is 0. The normalized spacial score (nSPS) is 16.9. The van der Waals surface area contributed by atoms with Crippen molar-refractivity contribution < 1.29 is 9.47 Å². The van der Waals surface area contributed by atoms with Gasteiger partial charge in [-0.25, -0.2) is 0 Å². The Morgan fingerprint density at radius 3 is 2.12 bits per heavy atom. The van der Waals surface area contributed by atoms with Crippen LogP contribution < -0.4 is 0 Å². The van der Waals surface area contributed by atoms with Crippen molar-refractivity contribution in [3.05, 3.63) is 23.8 Å². The second kappa shape index (κ2) is 18.7. The first-order valence-corrected chi connectivity index (χ1v) is 10.6. The van der Waals surface area contributed by atoms with Gasteiger partial charge in [0.25, 0.3) is 0 Å². The Labute approximate surface area is 163 Å². The molecule has 0 bridgehead atoms. The number of rotatable bonds is 11. The van der Waals surface area contributed by atoms with Gasteiger partial charge in [-0.15, -0.1) is 11.8 Å². The van der Waals surface area contributed by atoms with E-state index in [-0.39, 0.29) is 0 Å². The summed E-state index contributed by atoms with van der Waals surface area (Å²) in [4.78, 5) is 0. The molecular formula is C24H42O2. The fourth-order valence-corrected chi connectivity index (χ4v) is 2.60. The minimum absolute atomic E-state index is 0.427. The molecule has 0 aromatic heterocycles. The quantitative estimate of drug-likeness (QED) is 0.173. The second-order valence-electron chi connectivity index (χ2n) is 6.98. The van der Waals surface area contributed by atoms with Gasteiger partial charge in [-0.1, -0.05) is 65.0 Å². The molecule has 1 saturated heterocycles. The SMILES string of the molecule is C=C(CCCCCC)C1CO1.CC#CC.CCCCCCC1=CCOC1. The van der Waals surface area contributed by atoms with Crippen LogP contribution in [0.2, 0.25) is 0 Å². The van der Waals surface area contributed by atoms with Crippen molar-refractivity contribution in [3.8, 4) is 11.8 Å². The Morgan fingerprint density at radius 2 is 1.65 bits per heavy atom. The lowest BCUT2D eigenvalue weighted by atomic mass is 10.1. The van der Waals surface area contributed by atoms with E-state index in [4.69, 9.17) is 9.47 Å². The van der Waals surface area contributed by atoms with E-state index in [0.717, 1.165) is 19.8 Å². The topological polar surface area (TPSA) is 21.8 Å². The van der Waals surface area contributed by atoms with Gasteiger partial charge in [0.2, 0.25) is 0 Å². The molecular weight excluding hydrogens is 320 g/mol. The molecule has 26 heavy (non-hydrogen) atoms. The Morgan fingerprint density at radius 1 is 1.04 bits per heavy atom. The van der Waals surface area contributed by atoms with Crippen molar-refractivity contribution in [1.82, 2.24) is 0 Å². The van der Waals surface area contributed by atoms with Crippen molar-refractivity contribution in [2.24, 2.45) is 0 Å². The van der Waals surface area contributed by atoms with E-state index in [1.807, 2.05) is 13.8 Å². The summed E-state index contributed by atoms with van der Waals surface area (Å²) in [5.41, 5.74) is 2.82. The van der Waals surface area contributed by atoms with Crippen molar-refractivity contribution in [2.75, 3.05) is 19.8 Å². The van der Waals surface area contributed by atoms with Crippen LogP contribution in [0.1, 0.15) is 91.9 Å². The van der Waals surface area contributed by atoms with Crippen LogP contribution in [0.5, 0.6) is 0 Å². The Balaban J connectivity index is 0.000000401. The number of hydrogen-bond acceptors (Lipinski definition) is 2. The van der Waals surface area contributed by atoms with E-state index in [2.05, 4.69) is 38.3 Å². The molecule has 0 saturated carbocycles. The van der Waals surface area contributed by atoms with Gasteiger partial charge < -0.3 is 9.47 Å². The highest BCUT2D eigenvalue weighted by Gasteiger charge is 2.24. The molecule has 2 aliphatic rings. The summed E-state index contributed by atoms with van der Waals surface area (Å²) in [5.74, 6) is 5.36. The first-order chi connectivity index (χ1) is 12.7. The van der Waals surface area contributed by atoms with Crippen molar-refractivity contribution in [1.29, 1.82) is 0 Å². The Bertz CT molecular complexity index is 415. The van der Waals surface area contributed by atoms with Gasteiger partial charge >= 0.3 is 0 Å². The third-order valence-corrected chi connectivity index (χ3v) is 4.52. The molecule has 2 heterocycles. The van der Waals surface area contributed by atoms with Crippen LogP contribution >= 0.6 is 0 Å². The molecule has 2 nitrogen and oxygen atoms in total. The molecule has 2 aliphatic heterocycles. The minimum atomic E-state index is 0.427. The third kappa shape index (κ3) is 16.4. The Kier molecular flexibility index (Phi) is 18.0. The zero-order chi connectivity index (χ0) is 19.5. The number of epoxide rings is 1. The first-order valence-electron chi connectivity index (χ1n) is 10.6. The predicted octanol–water partition coefficient (Wildman–Crippen LogP) is 6.85. The van der Waals surface area contributed by atoms with Crippen LogP contribution in [-0.2, 0) is 9.47 Å². The summed E-state index contributed by atoms with van der Waals surface area (Å²) in [6.45, 7) is 14.8. The first kappa shape index (κ1) is 25.0. The number of unbranched alkanes of at least 4 members (excludes halogenated alkanes) is 6. The van der Waals surface area contributed by atoms with Crippen LogP contribution in [0.25, 0.3) is 0 Å². The van der Waals surface area contributed by atoms with Crippen LogP contribution in [0.15, 0.2) is 23.8 Å². The van der Waals surface area contributed by atoms with Crippen LogP contribution in [0.3, 0.4) is 0 Å². The predicted molar refractivity (Wildman–Crippen MR) is 114 cm³/mol. The van der Waals surface area contributed by atoms with E-state index in [0.29, 0.717) is 6.10 Å². The average Bonchev–Trinajstić information content (AvgIpc) is 3.40. The van der Waals surface area contributed by atoms with E-state index < -0.39 is 0 Å². The number of ether oxygens (including phenoxy) is 2. The molecule has 0 aromatic rings. The molecule has 0 spiro atoms. The van der Waals surface area contributed by atoms with E-state index in [9.17, 15) is 0 Å². The third-order valence-electron chi connectivity index (χ3n) is 4.52. The lowest BCUT2D eigenvalue weighted by molar-refractivity contribution is 0.206. The standard InChI is InChI=1S/2C10H18O.C4H6/c1-3-4-5-6-7-9(2)10-8-11-10;1-2-3-4-5-6-10-7-8-11-9-10;1-3-4-2/h10H,2-8H2,1H3;7H,2-6,8-9H2,1H3;1-2H3. The maximum Gasteiger partial charge on any atom is 0.102 e. The molecule has 1 unspecified atom stereocenters. The van der Waals surface area contributed by atoms with Crippen LogP contribution in [-0.4, -0.2) is 25.9 Å². The van der Waals surface area contributed by atoms with E-state index in [1.54, 1.807) is 0 Å². The Hall–Kier alpha value is -1.04. The van der Waals surface area contributed by atoms with Gasteiger partial charge in [-0.05, 0) is 50.7 Å². The zero-order valence-corrected chi connectivity index (χ0v) is 17.9. The van der Waals surface area contributed by atoms with E-state index >= 15 is 0 Å². The summed E-state index contributed by atoms with van der Waals surface area (Å²) < 4.78 is 10.3. The fraction of sp³-hybridized carbons (Fsp3) is 0.750. The maximum absolute atomic E-state index is 5.22. The van der Waals surface area contributed by atoms with Crippen molar-refractivity contribution in [2.45, 2.75) is 98.0 Å². The summed E-state index contributed by atoms with van der Waals surface area (Å²) in [6, 6.07) is 0. The monoisotopic (exact) mass is 362 g/mol. The maximum atomic E-state index is 5.22. The molecule has 150 valence electrons. The van der Waals surface area contributed by atoms with Gasteiger partial charge in [-0.3, -0.25) is 0 Å². The lowest BCUT2D eigenvalue weighted by Gasteiger charge is -2.00. The highest BCUT2D eigenvalue weighted by atomic mass is 16.6. The number of hydrogen-bond donors (Lipinski definition) is 0. The molecule has 0 amide bonds. The lowest BCUT2D eigenvalue weighted by Crippen LogP contribution is -1.90. The molecule has 2 heteroatoms. The molecule has 2 rings (SSSR count). The smallest absolute Gasteiger partial charge is 0.102 e. The summed E-state index contributed by atoms with van der Waals surface area (Å²) >= 11 is 0. The van der Waals surface area contributed by atoms with Gasteiger partial charge in [0.05, 0.1) is 19.8 Å². The molecule has 1 fully saturated rings. The molecule has 0 aromatic carbocycles. The molecule has 0 aliphatic carbocycles. The van der Waals surface area contributed by atoms with Crippen molar-refractivity contribution >= 4 is 0 Å². The fourth-order valence-electron chi connectivity index (χ4n) is 2.60. The largest absolute Gasteiger partial charge is 0.373 e. The highest BCUT2D eigenvalue weighted by molar-refractivity contribution is 5.07. The van der Waals surface area contributed by atoms with Gasteiger partial charge in [-0.2, -0.15) is 0 Å².